The largest absolute Gasteiger partial charge is 0.394 e. The molecular weight excluding hydrogens is 1390 g/mol. The molecule has 17 unspecified atom stereocenters. The molecule has 1 amide bonds. The number of hydrogen-bond acceptors (Lipinski definition) is 18. The molecule has 3 saturated heterocycles. The molecule has 19 heteroatoms. The number of hydrogen-bond donors (Lipinski definition) is 12. The Hall–Kier alpha value is -2.77. The minimum atomic E-state index is -1.98. The molecule has 0 bridgehead atoms. The average molecular weight is 1560 g/mol. The summed E-state index contributed by atoms with van der Waals surface area (Å²) in [5.41, 5.74) is 0. The average Bonchev–Trinajstić information content (AvgIpc) is 0.795. The lowest BCUT2D eigenvalue weighted by Crippen LogP contribution is -2.66. The van der Waals surface area contributed by atoms with Crippen LogP contribution in [0.25, 0.3) is 0 Å². The standard InChI is InChI=1S/C91H165NO18/c1-3-5-7-9-11-13-15-17-19-21-23-25-27-29-31-33-35-36-37-38-39-41-43-45-47-49-51-53-55-57-59-61-63-65-67-69-79(97)92-74(75(96)68-66-64-62-60-58-56-54-52-50-48-46-44-42-40-34-32-30-28-26-24-22-20-18-16-14-12-10-8-6-4-2)73-105-89-85(103)82(100)87(77(71-94)107-89)110-91-86(104)83(101)88(78(72-95)108-91)109-90-84(102)81(99)80(98)76(70-93)106-90/h5,7,11,13,17,19,23,25,58,60,66,68,74-78,80-91,93-96,98-104H,3-4,6,8-10,12,14-16,18,20-22,24,26-57,59,61-65,67,69-73H2,1-2H3,(H,92,97)/b7-5-,13-11-,19-17-,25-23-,60-58+,68-66+. The Morgan fingerprint density at radius 2 is 0.636 bits per heavy atom. The Balaban J connectivity index is 1.33. The van der Waals surface area contributed by atoms with Crippen molar-refractivity contribution in [1.29, 1.82) is 0 Å². The molecule has 0 spiro atoms. The van der Waals surface area contributed by atoms with Crippen LogP contribution < -0.4 is 5.32 Å². The van der Waals surface area contributed by atoms with E-state index in [1.165, 1.54) is 270 Å². The molecule has 0 saturated carbocycles. The maximum Gasteiger partial charge on any atom is 0.220 e. The van der Waals surface area contributed by atoms with Crippen molar-refractivity contribution in [3.05, 3.63) is 72.9 Å². The van der Waals surface area contributed by atoms with E-state index in [0.717, 1.165) is 64.2 Å². The molecule has 3 aliphatic heterocycles. The second kappa shape index (κ2) is 70.4. The Bertz CT molecular complexity index is 2270. The van der Waals surface area contributed by atoms with Gasteiger partial charge in [0.1, 0.15) is 73.2 Å². The first kappa shape index (κ1) is 101. The van der Waals surface area contributed by atoms with Crippen LogP contribution in [0.15, 0.2) is 72.9 Å². The van der Waals surface area contributed by atoms with Crippen LogP contribution in [-0.4, -0.2) is 193 Å². The number of carbonyl (C=O) groups excluding carboxylic acids is 1. The number of allylic oxidation sites excluding steroid dienone is 11. The van der Waals surface area contributed by atoms with Gasteiger partial charge in [-0.05, 0) is 70.6 Å². The minimum Gasteiger partial charge on any atom is -0.394 e. The Morgan fingerprint density at radius 3 is 1.02 bits per heavy atom. The van der Waals surface area contributed by atoms with E-state index in [2.05, 4.69) is 79.9 Å². The van der Waals surface area contributed by atoms with E-state index in [1.54, 1.807) is 6.08 Å². The Morgan fingerprint density at radius 1 is 0.336 bits per heavy atom. The molecule has 642 valence electrons. The van der Waals surface area contributed by atoms with E-state index >= 15 is 0 Å². The second-order valence-corrected chi connectivity index (χ2v) is 32.0. The van der Waals surface area contributed by atoms with Crippen molar-refractivity contribution in [1.82, 2.24) is 5.32 Å². The molecule has 3 aliphatic rings. The summed E-state index contributed by atoms with van der Waals surface area (Å²) in [4.78, 5) is 13.5. The van der Waals surface area contributed by atoms with E-state index in [-0.39, 0.29) is 18.9 Å². The van der Waals surface area contributed by atoms with Crippen molar-refractivity contribution in [2.75, 3.05) is 26.4 Å². The SMILES string of the molecule is CC/C=C\C/C=C\C/C=C\C/C=C\CCCCCCCCCCCCCCCCCCCCCCCCC(=O)NC(COC1OC(CO)C(OC2OC(CO)C(OC3OC(CO)C(O)C(O)C3O)C(O)C2O)C(O)C1O)C(O)/C=C/CC/C=C/CCCCCCCCCCCCCCCCCCCCCCCCCC. The van der Waals surface area contributed by atoms with Gasteiger partial charge >= 0.3 is 0 Å². The molecule has 0 aromatic rings. The zero-order valence-corrected chi connectivity index (χ0v) is 69.2. The first-order chi connectivity index (χ1) is 53.8. The molecule has 0 aromatic carbocycles. The van der Waals surface area contributed by atoms with Crippen molar-refractivity contribution >= 4 is 5.91 Å². The summed E-state index contributed by atoms with van der Waals surface area (Å²) >= 11 is 0. The topological polar surface area (TPSA) is 307 Å². The first-order valence-electron chi connectivity index (χ1n) is 45.2. The molecule has 110 heavy (non-hydrogen) atoms. The van der Waals surface area contributed by atoms with Gasteiger partial charge in [-0.15, -0.1) is 0 Å². The van der Waals surface area contributed by atoms with E-state index in [4.69, 9.17) is 28.4 Å². The molecule has 3 rings (SSSR count). The number of amides is 1. The number of ether oxygens (including phenoxy) is 6. The summed E-state index contributed by atoms with van der Waals surface area (Å²) in [6, 6.07) is -0.993. The van der Waals surface area contributed by atoms with Crippen molar-refractivity contribution in [3.63, 3.8) is 0 Å². The molecule has 19 nitrogen and oxygen atoms in total. The number of rotatable bonds is 73. The zero-order chi connectivity index (χ0) is 79.5. The van der Waals surface area contributed by atoms with Gasteiger partial charge in [0.2, 0.25) is 5.91 Å². The fourth-order valence-electron chi connectivity index (χ4n) is 15.1. The molecule has 17 atom stereocenters. The smallest absolute Gasteiger partial charge is 0.220 e. The van der Waals surface area contributed by atoms with Crippen LogP contribution >= 0.6 is 0 Å². The highest BCUT2D eigenvalue weighted by Gasteiger charge is 2.54. The van der Waals surface area contributed by atoms with E-state index in [1.807, 2.05) is 6.08 Å². The zero-order valence-electron chi connectivity index (χ0n) is 69.2. The lowest BCUT2D eigenvalue weighted by Gasteiger charge is -2.48. The van der Waals surface area contributed by atoms with Crippen LogP contribution in [0.1, 0.15) is 367 Å². The van der Waals surface area contributed by atoms with Gasteiger partial charge in [-0.2, -0.15) is 0 Å². The summed E-state index contributed by atoms with van der Waals surface area (Å²) in [5, 5.41) is 121. The van der Waals surface area contributed by atoms with E-state index < -0.39 is 124 Å². The summed E-state index contributed by atoms with van der Waals surface area (Å²) in [6.45, 7) is 1.66. The third-order valence-corrected chi connectivity index (χ3v) is 22.2. The quantitative estimate of drug-likeness (QED) is 0.0199. The number of carbonyl (C=O) groups is 1. The fraction of sp³-hybridized carbons (Fsp3) is 0.857. The normalized spacial score (nSPS) is 25.5. The Kier molecular flexibility index (Phi) is 64.9. The summed E-state index contributed by atoms with van der Waals surface area (Å²) in [5.74, 6) is -0.279. The van der Waals surface area contributed by atoms with Crippen LogP contribution in [0.5, 0.6) is 0 Å². The molecular formula is C91H165NO18. The predicted octanol–water partition coefficient (Wildman–Crippen LogP) is 17.1. The van der Waals surface area contributed by atoms with E-state index in [9.17, 15) is 61.0 Å². The summed E-state index contributed by atoms with van der Waals surface area (Å²) < 4.78 is 34.5. The van der Waals surface area contributed by atoms with Gasteiger partial charge in [0.05, 0.1) is 38.6 Å². The van der Waals surface area contributed by atoms with Gasteiger partial charge in [-0.3, -0.25) is 4.79 Å². The van der Waals surface area contributed by atoms with Crippen molar-refractivity contribution in [2.45, 2.75) is 471 Å². The monoisotopic (exact) mass is 1560 g/mol. The number of aliphatic hydroxyl groups is 11. The number of nitrogens with one attached hydrogen (secondary N) is 1. The van der Waals surface area contributed by atoms with Crippen LogP contribution in [0.3, 0.4) is 0 Å². The third kappa shape index (κ3) is 48.7. The second-order valence-electron chi connectivity index (χ2n) is 32.0. The van der Waals surface area contributed by atoms with Crippen LogP contribution in [-0.2, 0) is 33.2 Å². The maximum atomic E-state index is 13.5. The van der Waals surface area contributed by atoms with Gasteiger partial charge in [-0.1, -0.05) is 363 Å². The maximum absolute atomic E-state index is 13.5. The molecule has 3 heterocycles. The number of unbranched alkanes of at least 4 members (excludes halogenated alkanes) is 47. The van der Waals surface area contributed by atoms with E-state index in [0.29, 0.717) is 12.8 Å². The lowest BCUT2D eigenvalue weighted by atomic mass is 9.96. The van der Waals surface area contributed by atoms with Crippen molar-refractivity contribution in [3.8, 4) is 0 Å². The van der Waals surface area contributed by atoms with Crippen LogP contribution in [0.2, 0.25) is 0 Å². The third-order valence-electron chi connectivity index (χ3n) is 22.2. The summed E-state index contributed by atoms with van der Waals surface area (Å²) in [6.07, 6.45) is 67.8. The van der Waals surface area contributed by atoms with Gasteiger partial charge in [0.15, 0.2) is 18.9 Å². The van der Waals surface area contributed by atoms with Gasteiger partial charge in [0.25, 0.3) is 0 Å². The highest BCUT2D eigenvalue weighted by Crippen LogP contribution is 2.34. The molecule has 3 fully saturated rings. The fourth-order valence-corrected chi connectivity index (χ4v) is 15.1. The Labute approximate surface area is 668 Å². The van der Waals surface area contributed by atoms with Gasteiger partial charge in [0, 0.05) is 6.42 Å². The van der Waals surface area contributed by atoms with Crippen molar-refractivity contribution in [2.24, 2.45) is 0 Å². The van der Waals surface area contributed by atoms with Crippen molar-refractivity contribution < 1.29 is 89.4 Å². The van der Waals surface area contributed by atoms with Gasteiger partial charge in [-0.25, -0.2) is 0 Å². The molecule has 0 aromatic heterocycles. The predicted molar refractivity (Wildman–Crippen MR) is 443 cm³/mol. The van der Waals surface area contributed by atoms with Crippen LogP contribution in [0, 0.1) is 0 Å². The molecule has 0 aliphatic carbocycles. The van der Waals surface area contributed by atoms with Crippen LogP contribution in [0.4, 0.5) is 0 Å². The minimum absolute atomic E-state index is 0.237. The van der Waals surface area contributed by atoms with Gasteiger partial charge < -0.3 is 89.9 Å². The molecule has 0 radical (unpaired) electrons. The summed E-state index contributed by atoms with van der Waals surface area (Å²) in [7, 11) is 0. The first-order valence-corrected chi connectivity index (χ1v) is 45.2. The number of aliphatic hydroxyl groups excluding tert-OH is 11. The lowest BCUT2D eigenvalue weighted by molar-refractivity contribution is -0.379. The highest BCUT2D eigenvalue weighted by atomic mass is 16.8. The highest BCUT2D eigenvalue weighted by molar-refractivity contribution is 5.76. The molecule has 12 N–H and O–H groups in total.